The van der Waals surface area contributed by atoms with E-state index in [1.165, 1.54) is 12.1 Å². The first-order valence-corrected chi connectivity index (χ1v) is 10.0. The van der Waals surface area contributed by atoms with Crippen molar-refractivity contribution in [1.29, 1.82) is 0 Å². The van der Waals surface area contributed by atoms with Crippen molar-refractivity contribution in [3.05, 3.63) is 76.9 Å². The van der Waals surface area contributed by atoms with Crippen LogP contribution < -0.4 is 14.8 Å². The highest BCUT2D eigenvalue weighted by molar-refractivity contribution is 6.12. The fraction of sp³-hybridized carbons (Fsp3) is 0.208. The van der Waals surface area contributed by atoms with Crippen LogP contribution in [0.5, 0.6) is 11.5 Å². The molecule has 0 aliphatic rings. The van der Waals surface area contributed by atoms with Gasteiger partial charge in [0.2, 0.25) is 0 Å². The molecule has 0 saturated heterocycles. The fourth-order valence-electron chi connectivity index (χ4n) is 3.61. The molecular weight excluding hydrogens is 411 g/mol. The Balaban J connectivity index is 1.65. The topological polar surface area (TPSA) is 78.3 Å². The van der Waals surface area contributed by atoms with Crippen LogP contribution in [-0.2, 0) is 6.54 Å². The molecule has 2 aromatic carbocycles. The van der Waals surface area contributed by atoms with Gasteiger partial charge in [-0.2, -0.15) is 5.10 Å². The Hall–Kier alpha value is -3.94. The first-order chi connectivity index (χ1) is 15.4. The zero-order valence-electron chi connectivity index (χ0n) is 18.3. The molecule has 2 aromatic heterocycles. The first-order valence-electron chi connectivity index (χ1n) is 10.0. The van der Waals surface area contributed by atoms with Crippen LogP contribution in [0.1, 0.15) is 27.2 Å². The van der Waals surface area contributed by atoms with E-state index in [1.807, 2.05) is 25.1 Å². The largest absolute Gasteiger partial charge is 0.493 e. The van der Waals surface area contributed by atoms with Gasteiger partial charge in [0.05, 0.1) is 38.0 Å². The van der Waals surface area contributed by atoms with Gasteiger partial charge in [0, 0.05) is 22.7 Å². The normalized spacial score (nSPS) is 10.9. The summed E-state index contributed by atoms with van der Waals surface area (Å²) in [5.41, 5.74) is 3.24. The van der Waals surface area contributed by atoms with Crippen LogP contribution in [0, 0.1) is 19.7 Å². The number of rotatable bonds is 6. The molecule has 0 aliphatic heterocycles. The molecule has 0 saturated carbocycles. The number of amides is 1. The Kier molecular flexibility index (Phi) is 5.77. The molecule has 1 N–H and O–H groups in total. The van der Waals surface area contributed by atoms with Crippen molar-refractivity contribution in [2.45, 2.75) is 20.4 Å². The van der Waals surface area contributed by atoms with E-state index < -0.39 is 5.82 Å². The van der Waals surface area contributed by atoms with Crippen LogP contribution >= 0.6 is 0 Å². The van der Waals surface area contributed by atoms with E-state index in [1.54, 1.807) is 44.2 Å². The summed E-state index contributed by atoms with van der Waals surface area (Å²) in [6.45, 7) is 4.07. The SMILES string of the molecule is COc1ccc(Cn2ncc(C)c2NC(=O)c2cc(C)nc3cc(F)ccc23)cc1OC. The van der Waals surface area contributed by atoms with Gasteiger partial charge < -0.3 is 14.8 Å². The van der Waals surface area contributed by atoms with E-state index in [0.29, 0.717) is 46.0 Å². The number of carbonyl (C=O) groups excluding carboxylic acids is 1. The third-order valence-corrected chi connectivity index (χ3v) is 5.18. The fourth-order valence-corrected chi connectivity index (χ4v) is 3.61. The lowest BCUT2D eigenvalue weighted by Crippen LogP contribution is -2.17. The lowest BCUT2D eigenvalue weighted by atomic mass is 10.1. The molecule has 0 fully saturated rings. The van der Waals surface area contributed by atoms with Crippen molar-refractivity contribution in [3.63, 3.8) is 0 Å². The monoisotopic (exact) mass is 434 g/mol. The molecule has 1 amide bonds. The molecule has 0 bridgehead atoms. The van der Waals surface area contributed by atoms with Crippen LogP contribution in [0.15, 0.2) is 48.7 Å². The van der Waals surface area contributed by atoms with Crippen LogP contribution in [0.3, 0.4) is 0 Å². The van der Waals surface area contributed by atoms with Gasteiger partial charge in [-0.15, -0.1) is 0 Å². The average molecular weight is 434 g/mol. The Morgan fingerprint density at radius 1 is 1.06 bits per heavy atom. The van der Waals surface area contributed by atoms with E-state index in [0.717, 1.165) is 11.1 Å². The number of nitrogens with zero attached hydrogens (tertiary/aromatic N) is 3. The zero-order chi connectivity index (χ0) is 22.8. The highest BCUT2D eigenvalue weighted by atomic mass is 19.1. The van der Waals surface area contributed by atoms with E-state index in [4.69, 9.17) is 9.47 Å². The number of pyridine rings is 1. The maximum atomic E-state index is 13.7. The molecular formula is C24H23FN4O3. The molecule has 4 aromatic rings. The number of ether oxygens (including phenoxy) is 2. The molecule has 164 valence electrons. The number of carbonyl (C=O) groups is 1. The highest BCUT2D eigenvalue weighted by Gasteiger charge is 2.17. The summed E-state index contributed by atoms with van der Waals surface area (Å²) in [5.74, 6) is 1.12. The van der Waals surface area contributed by atoms with Crippen molar-refractivity contribution in [2.24, 2.45) is 0 Å². The Labute approximate surface area is 184 Å². The van der Waals surface area contributed by atoms with Gasteiger partial charge in [0.15, 0.2) is 11.5 Å². The van der Waals surface area contributed by atoms with E-state index in [9.17, 15) is 9.18 Å². The third-order valence-electron chi connectivity index (χ3n) is 5.18. The van der Waals surface area contributed by atoms with Gasteiger partial charge in [-0.25, -0.2) is 9.07 Å². The first kappa shape index (κ1) is 21.3. The molecule has 2 heterocycles. The summed E-state index contributed by atoms with van der Waals surface area (Å²) in [5, 5.41) is 7.96. The van der Waals surface area contributed by atoms with Crippen molar-refractivity contribution < 1.29 is 18.7 Å². The molecule has 0 spiro atoms. The van der Waals surface area contributed by atoms with Gasteiger partial charge in [-0.1, -0.05) is 6.07 Å². The number of aryl methyl sites for hydroxylation is 2. The maximum Gasteiger partial charge on any atom is 0.257 e. The zero-order valence-corrected chi connectivity index (χ0v) is 18.3. The van der Waals surface area contributed by atoms with Gasteiger partial charge in [-0.3, -0.25) is 9.78 Å². The number of benzene rings is 2. The smallest absolute Gasteiger partial charge is 0.257 e. The summed E-state index contributed by atoms with van der Waals surface area (Å²) >= 11 is 0. The van der Waals surface area contributed by atoms with E-state index >= 15 is 0 Å². The average Bonchev–Trinajstić information content (AvgIpc) is 3.11. The van der Waals surface area contributed by atoms with Gasteiger partial charge in [-0.05, 0) is 49.7 Å². The Morgan fingerprint density at radius 3 is 2.59 bits per heavy atom. The molecule has 32 heavy (non-hydrogen) atoms. The second-order valence-corrected chi connectivity index (χ2v) is 7.45. The number of fused-ring (bicyclic) bond motifs is 1. The van der Waals surface area contributed by atoms with Crippen LogP contribution in [-0.4, -0.2) is 34.9 Å². The van der Waals surface area contributed by atoms with Crippen LogP contribution in [0.25, 0.3) is 10.9 Å². The highest BCUT2D eigenvalue weighted by Crippen LogP contribution is 2.29. The molecule has 0 aliphatic carbocycles. The third kappa shape index (κ3) is 4.12. The predicted octanol–water partition coefficient (Wildman–Crippen LogP) is 4.51. The van der Waals surface area contributed by atoms with Crippen molar-refractivity contribution in [1.82, 2.24) is 14.8 Å². The lowest BCUT2D eigenvalue weighted by Gasteiger charge is -2.13. The molecule has 7 nitrogen and oxygen atoms in total. The minimum atomic E-state index is -0.397. The molecule has 0 radical (unpaired) electrons. The quantitative estimate of drug-likeness (QED) is 0.483. The Morgan fingerprint density at radius 2 is 1.84 bits per heavy atom. The standard InChI is InChI=1S/C24H23FN4O3/c1-14-12-26-29(13-16-5-8-21(31-3)22(10-16)32-4)23(14)28-24(30)19-9-15(2)27-20-11-17(25)6-7-18(19)20/h5-12H,13H2,1-4H3,(H,28,30). The second-order valence-electron chi connectivity index (χ2n) is 7.45. The summed E-state index contributed by atoms with van der Waals surface area (Å²) in [4.78, 5) is 17.5. The summed E-state index contributed by atoms with van der Waals surface area (Å²) in [7, 11) is 3.17. The number of hydrogen-bond acceptors (Lipinski definition) is 5. The minimum absolute atomic E-state index is 0.315. The van der Waals surface area contributed by atoms with Gasteiger partial charge in [0.1, 0.15) is 11.6 Å². The number of nitrogens with one attached hydrogen (secondary N) is 1. The van der Waals surface area contributed by atoms with Crippen molar-refractivity contribution >= 4 is 22.6 Å². The molecule has 8 heteroatoms. The minimum Gasteiger partial charge on any atom is -0.493 e. The number of halogens is 1. The number of aromatic nitrogens is 3. The second kappa shape index (κ2) is 8.66. The Bertz CT molecular complexity index is 1310. The summed E-state index contributed by atoms with van der Waals surface area (Å²) in [6, 6.07) is 11.5. The molecule has 4 rings (SSSR count). The molecule has 0 unspecified atom stereocenters. The van der Waals surface area contributed by atoms with E-state index in [2.05, 4.69) is 15.4 Å². The summed E-state index contributed by atoms with van der Waals surface area (Å²) < 4.78 is 26.0. The van der Waals surface area contributed by atoms with Crippen LogP contribution in [0.4, 0.5) is 10.2 Å². The van der Waals surface area contributed by atoms with Crippen molar-refractivity contribution in [2.75, 3.05) is 19.5 Å². The van der Waals surface area contributed by atoms with Gasteiger partial charge in [0.25, 0.3) is 5.91 Å². The van der Waals surface area contributed by atoms with Gasteiger partial charge >= 0.3 is 0 Å². The number of anilines is 1. The lowest BCUT2D eigenvalue weighted by molar-refractivity contribution is 0.102. The van der Waals surface area contributed by atoms with Crippen LogP contribution in [0.2, 0.25) is 0 Å². The molecule has 0 atom stereocenters. The van der Waals surface area contributed by atoms with Crippen molar-refractivity contribution in [3.8, 4) is 11.5 Å². The number of methoxy groups -OCH3 is 2. The summed E-state index contributed by atoms with van der Waals surface area (Å²) in [6.07, 6.45) is 1.70. The number of hydrogen-bond donors (Lipinski definition) is 1. The predicted molar refractivity (Wildman–Crippen MR) is 120 cm³/mol. The maximum absolute atomic E-state index is 13.7. The van der Waals surface area contributed by atoms with E-state index in [-0.39, 0.29) is 5.91 Å².